The fraction of sp³-hybridized carbons (Fsp3) is 1.00. The smallest absolute Gasteiger partial charge is 0.118 e. The van der Waals surface area contributed by atoms with Crippen LogP contribution >= 0.6 is 0 Å². The number of nitrogens with one attached hydrogen (secondary N) is 1. The van der Waals surface area contributed by atoms with Crippen molar-refractivity contribution in [2.24, 2.45) is 17.2 Å². The van der Waals surface area contributed by atoms with Crippen LogP contribution in [0.2, 0.25) is 0 Å². The van der Waals surface area contributed by atoms with Gasteiger partial charge in [-0.25, -0.2) is 0 Å². The van der Waals surface area contributed by atoms with Crippen LogP contribution in [-0.4, -0.2) is 42.9 Å². The summed E-state index contributed by atoms with van der Waals surface area (Å²) < 4.78 is 0. The molecule has 5 heteroatoms. The zero-order valence-electron chi connectivity index (χ0n) is 8.29. The summed E-state index contributed by atoms with van der Waals surface area (Å²) in [5.41, 5.74) is 17.3. The lowest BCUT2D eigenvalue weighted by Gasteiger charge is -2.44. The zero-order valence-corrected chi connectivity index (χ0v) is 8.29. The number of piperazine rings is 1. The minimum absolute atomic E-state index is 0.374. The molecule has 1 atom stereocenters. The van der Waals surface area contributed by atoms with Crippen molar-refractivity contribution in [3.63, 3.8) is 0 Å². The first-order valence-corrected chi connectivity index (χ1v) is 4.81. The SMILES string of the molecule is CC(N)(N)N1CCNCC1CCN. The molecule has 0 spiro atoms. The summed E-state index contributed by atoms with van der Waals surface area (Å²) in [4.78, 5) is 2.12. The highest BCUT2D eigenvalue weighted by Crippen LogP contribution is 2.12. The summed E-state index contributed by atoms with van der Waals surface area (Å²) in [5, 5.41) is 3.31. The van der Waals surface area contributed by atoms with Crippen LogP contribution in [0, 0.1) is 0 Å². The van der Waals surface area contributed by atoms with Gasteiger partial charge in [-0.15, -0.1) is 0 Å². The van der Waals surface area contributed by atoms with Crippen LogP contribution in [0.4, 0.5) is 0 Å². The summed E-state index contributed by atoms with van der Waals surface area (Å²) in [6.45, 7) is 5.29. The molecule has 0 bridgehead atoms. The van der Waals surface area contributed by atoms with Crippen molar-refractivity contribution in [1.82, 2.24) is 10.2 Å². The van der Waals surface area contributed by atoms with Gasteiger partial charge in [0.25, 0.3) is 0 Å². The van der Waals surface area contributed by atoms with Gasteiger partial charge >= 0.3 is 0 Å². The van der Waals surface area contributed by atoms with Crippen molar-refractivity contribution in [1.29, 1.82) is 0 Å². The van der Waals surface area contributed by atoms with Crippen LogP contribution in [0.1, 0.15) is 13.3 Å². The minimum Gasteiger partial charge on any atom is -0.330 e. The number of rotatable bonds is 3. The summed E-state index contributed by atoms with van der Waals surface area (Å²) in [6.07, 6.45) is 0.941. The fourth-order valence-corrected chi connectivity index (χ4v) is 1.85. The third-order valence-corrected chi connectivity index (χ3v) is 2.47. The highest BCUT2D eigenvalue weighted by atomic mass is 15.4. The molecular formula is C8H21N5. The van der Waals surface area contributed by atoms with E-state index in [1.165, 1.54) is 0 Å². The van der Waals surface area contributed by atoms with Gasteiger partial charge in [0.05, 0.1) is 0 Å². The third kappa shape index (κ3) is 2.89. The van der Waals surface area contributed by atoms with Gasteiger partial charge in [-0.05, 0) is 19.9 Å². The molecule has 1 rings (SSSR count). The summed E-state index contributed by atoms with van der Waals surface area (Å²) in [7, 11) is 0. The molecule has 0 aromatic rings. The second kappa shape index (κ2) is 4.34. The topological polar surface area (TPSA) is 93.3 Å². The second-order valence-corrected chi connectivity index (χ2v) is 3.85. The van der Waals surface area contributed by atoms with E-state index in [1.54, 1.807) is 0 Å². The van der Waals surface area contributed by atoms with Crippen LogP contribution < -0.4 is 22.5 Å². The van der Waals surface area contributed by atoms with Gasteiger partial charge in [0, 0.05) is 25.7 Å². The molecule has 0 aromatic heterocycles. The molecule has 1 heterocycles. The third-order valence-electron chi connectivity index (χ3n) is 2.47. The first kappa shape index (κ1) is 10.9. The van der Waals surface area contributed by atoms with E-state index in [0.717, 1.165) is 26.1 Å². The summed E-state index contributed by atoms with van der Waals surface area (Å²) in [6, 6.07) is 0.374. The molecule has 1 saturated heterocycles. The van der Waals surface area contributed by atoms with Gasteiger partial charge in [0.1, 0.15) is 5.79 Å². The molecule has 0 saturated carbocycles. The normalized spacial score (nSPS) is 26.3. The van der Waals surface area contributed by atoms with E-state index in [2.05, 4.69) is 10.2 Å². The molecule has 1 aliphatic heterocycles. The largest absolute Gasteiger partial charge is 0.330 e. The molecule has 1 aliphatic rings. The minimum atomic E-state index is -0.720. The molecule has 13 heavy (non-hydrogen) atoms. The first-order valence-electron chi connectivity index (χ1n) is 4.81. The molecule has 0 aliphatic carbocycles. The quantitative estimate of drug-likeness (QED) is 0.391. The predicted molar refractivity (Wildman–Crippen MR) is 53.8 cm³/mol. The summed E-state index contributed by atoms with van der Waals surface area (Å²) >= 11 is 0. The molecule has 0 amide bonds. The average Bonchev–Trinajstić information content (AvgIpc) is 2.04. The van der Waals surface area contributed by atoms with Gasteiger partial charge in [0.15, 0.2) is 0 Å². The van der Waals surface area contributed by atoms with E-state index >= 15 is 0 Å². The number of hydrogen-bond acceptors (Lipinski definition) is 5. The van der Waals surface area contributed by atoms with Gasteiger partial charge in [-0.3, -0.25) is 4.90 Å². The maximum atomic E-state index is 5.87. The summed E-state index contributed by atoms with van der Waals surface area (Å²) in [5.74, 6) is -0.720. The van der Waals surface area contributed by atoms with Crippen molar-refractivity contribution in [2.75, 3.05) is 26.2 Å². The first-order chi connectivity index (χ1) is 6.05. The highest BCUT2D eigenvalue weighted by molar-refractivity contribution is 4.86. The van der Waals surface area contributed by atoms with E-state index in [-0.39, 0.29) is 0 Å². The molecule has 0 radical (unpaired) electrons. The van der Waals surface area contributed by atoms with Gasteiger partial charge in [-0.2, -0.15) is 0 Å². The maximum Gasteiger partial charge on any atom is 0.118 e. The van der Waals surface area contributed by atoms with Crippen molar-refractivity contribution in [3.05, 3.63) is 0 Å². The van der Waals surface area contributed by atoms with Gasteiger partial charge in [0.2, 0.25) is 0 Å². The van der Waals surface area contributed by atoms with E-state index in [1.807, 2.05) is 6.92 Å². The van der Waals surface area contributed by atoms with E-state index in [9.17, 15) is 0 Å². The molecule has 1 unspecified atom stereocenters. The van der Waals surface area contributed by atoms with E-state index in [0.29, 0.717) is 12.6 Å². The Morgan fingerprint density at radius 1 is 1.54 bits per heavy atom. The van der Waals surface area contributed by atoms with Gasteiger partial charge in [-0.1, -0.05) is 0 Å². The van der Waals surface area contributed by atoms with Crippen LogP contribution in [0.15, 0.2) is 0 Å². The Morgan fingerprint density at radius 2 is 2.23 bits per heavy atom. The van der Waals surface area contributed by atoms with Crippen LogP contribution in [0.3, 0.4) is 0 Å². The standard InChI is InChI=1S/C8H21N5/c1-8(10,11)13-5-4-12-6-7(13)2-3-9/h7,12H,2-6,9-11H2,1H3. The molecule has 0 aromatic carbocycles. The van der Waals surface area contributed by atoms with Gasteiger partial charge < -0.3 is 22.5 Å². The van der Waals surface area contributed by atoms with Crippen molar-refractivity contribution in [3.8, 4) is 0 Å². The molecule has 78 valence electrons. The molecule has 7 N–H and O–H groups in total. The maximum absolute atomic E-state index is 5.87. The Morgan fingerprint density at radius 3 is 2.77 bits per heavy atom. The lowest BCUT2D eigenvalue weighted by molar-refractivity contribution is 0.0419. The Kier molecular flexibility index (Phi) is 3.63. The van der Waals surface area contributed by atoms with Crippen molar-refractivity contribution < 1.29 is 0 Å². The number of nitrogens with zero attached hydrogens (tertiary/aromatic N) is 1. The molecular weight excluding hydrogens is 166 g/mol. The van der Waals surface area contributed by atoms with Crippen LogP contribution in [0.5, 0.6) is 0 Å². The lowest BCUT2D eigenvalue weighted by Crippen LogP contribution is -2.68. The Balaban J connectivity index is 2.56. The Labute approximate surface area is 79.6 Å². The van der Waals surface area contributed by atoms with Crippen LogP contribution in [0.25, 0.3) is 0 Å². The highest BCUT2D eigenvalue weighted by Gasteiger charge is 2.31. The Hall–Kier alpha value is -0.200. The predicted octanol–water partition coefficient (Wildman–Crippen LogP) is -1.80. The molecule has 1 fully saturated rings. The molecule has 5 nitrogen and oxygen atoms in total. The van der Waals surface area contributed by atoms with Crippen LogP contribution in [-0.2, 0) is 0 Å². The zero-order chi connectivity index (χ0) is 9.90. The number of nitrogens with two attached hydrogens (primary N) is 3. The fourth-order valence-electron chi connectivity index (χ4n) is 1.85. The monoisotopic (exact) mass is 187 g/mol. The Bertz CT molecular complexity index is 151. The van der Waals surface area contributed by atoms with Crippen molar-refractivity contribution >= 4 is 0 Å². The number of hydrogen-bond donors (Lipinski definition) is 4. The van der Waals surface area contributed by atoms with E-state index in [4.69, 9.17) is 17.2 Å². The average molecular weight is 187 g/mol. The second-order valence-electron chi connectivity index (χ2n) is 3.85. The van der Waals surface area contributed by atoms with Crippen molar-refractivity contribution in [2.45, 2.75) is 25.2 Å². The van der Waals surface area contributed by atoms with E-state index < -0.39 is 5.79 Å². The lowest BCUT2D eigenvalue weighted by atomic mass is 10.1.